The first-order valence-corrected chi connectivity index (χ1v) is 9.60. The monoisotopic (exact) mass is 360 g/mol. The van der Waals surface area contributed by atoms with E-state index in [0.717, 1.165) is 16.6 Å². The van der Waals surface area contributed by atoms with Gasteiger partial charge >= 0.3 is 0 Å². The normalized spacial score (nSPS) is 12.0. The first-order chi connectivity index (χ1) is 12.7. The second kappa shape index (κ2) is 6.61. The van der Waals surface area contributed by atoms with Gasteiger partial charge in [0, 0.05) is 23.4 Å². The van der Waals surface area contributed by atoms with Crippen LogP contribution in [0.25, 0.3) is 10.9 Å². The van der Waals surface area contributed by atoms with E-state index in [1.165, 1.54) is 3.97 Å². The van der Waals surface area contributed by atoms with Gasteiger partial charge in [0.05, 0.1) is 16.1 Å². The van der Waals surface area contributed by atoms with Gasteiger partial charge in [0.2, 0.25) is 0 Å². The number of benzene rings is 3. The highest BCUT2D eigenvalue weighted by molar-refractivity contribution is 7.90. The maximum Gasteiger partial charge on any atom is 0.268 e. The maximum atomic E-state index is 13.1. The van der Waals surface area contributed by atoms with Gasteiger partial charge in [-0.3, -0.25) is 4.99 Å². The fraction of sp³-hybridized carbons (Fsp3) is 0. The van der Waals surface area contributed by atoms with E-state index in [-0.39, 0.29) is 4.90 Å². The van der Waals surface area contributed by atoms with Crippen molar-refractivity contribution < 1.29 is 8.42 Å². The molecule has 26 heavy (non-hydrogen) atoms. The molecule has 0 amide bonds. The fourth-order valence-corrected chi connectivity index (χ4v) is 4.24. The Hall–Kier alpha value is -3.18. The zero-order valence-corrected chi connectivity index (χ0v) is 14.7. The SMILES string of the molecule is O=S(=O)(c1ccccc1)n1cc(C=Nc2ccccc2)c2ccccc21. The Morgan fingerprint density at radius 1 is 0.769 bits per heavy atom. The summed E-state index contributed by atoms with van der Waals surface area (Å²) < 4.78 is 27.4. The Balaban J connectivity index is 1.86. The highest BCUT2D eigenvalue weighted by atomic mass is 32.2. The van der Waals surface area contributed by atoms with Crippen LogP contribution in [0.15, 0.2) is 101 Å². The molecule has 5 heteroatoms. The largest absolute Gasteiger partial charge is 0.268 e. The predicted octanol–water partition coefficient (Wildman–Crippen LogP) is 4.63. The van der Waals surface area contributed by atoms with Crippen LogP contribution in [-0.4, -0.2) is 18.6 Å². The maximum absolute atomic E-state index is 13.1. The molecule has 1 heterocycles. The van der Waals surface area contributed by atoms with E-state index >= 15 is 0 Å². The molecule has 0 saturated heterocycles. The molecule has 0 aliphatic rings. The molecule has 4 nitrogen and oxygen atoms in total. The van der Waals surface area contributed by atoms with Gasteiger partial charge in [0.1, 0.15) is 0 Å². The van der Waals surface area contributed by atoms with Crippen molar-refractivity contribution in [2.24, 2.45) is 4.99 Å². The Kier molecular flexibility index (Phi) is 4.14. The van der Waals surface area contributed by atoms with Crippen molar-refractivity contribution >= 4 is 32.8 Å². The summed E-state index contributed by atoms with van der Waals surface area (Å²) in [5, 5.41) is 0.840. The minimum Gasteiger partial charge on any atom is -0.256 e. The van der Waals surface area contributed by atoms with Crippen LogP contribution in [0, 0.1) is 0 Å². The molecule has 4 aromatic rings. The van der Waals surface area contributed by atoms with Crippen LogP contribution >= 0.6 is 0 Å². The molecule has 0 aliphatic heterocycles. The minimum atomic E-state index is -3.67. The van der Waals surface area contributed by atoms with E-state index in [0.29, 0.717) is 5.52 Å². The van der Waals surface area contributed by atoms with Crippen molar-refractivity contribution in [1.82, 2.24) is 3.97 Å². The lowest BCUT2D eigenvalue weighted by Crippen LogP contribution is -2.11. The molecule has 0 N–H and O–H groups in total. The van der Waals surface area contributed by atoms with Crippen LogP contribution < -0.4 is 0 Å². The summed E-state index contributed by atoms with van der Waals surface area (Å²) >= 11 is 0. The lowest BCUT2D eigenvalue weighted by Gasteiger charge is -2.07. The molecule has 3 aromatic carbocycles. The Labute approximate surface area is 152 Å². The number of aliphatic imine (C=N–C) groups is 1. The Morgan fingerprint density at radius 2 is 1.38 bits per heavy atom. The van der Waals surface area contributed by atoms with Crippen molar-refractivity contribution in [2.75, 3.05) is 0 Å². The smallest absolute Gasteiger partial charge is 0.256 e. The molecule has 0 saturated carbocycles. The van der Waals surface area contributed by atoms with Crippen molar-refractivity contribution in [3.8, 4) is 0 Å². The van der Waals surface area contributed by atoms with E-state index in [1.807, 2.05) is 48.5 Å². The fourth-order valence-electron chi connectivity index (χ4n) is 2.84. The van der Waals surface area contributed by atoms with Crippen LogP contribution in [0.3, 0.4) is 0 Å². The van der Waals surface area contributed by atoms with Crippen molar-refractivity contribution in [3.05, 3.63) is 96.7 Å². The average Bonchev–Trinajstić information content (AvgIpc) is 3.07. The van der Waals surface area contributed by atoms with Gasteiger partial charge in [0.25, 0.3) is 10.0 Å². The van der Waals surface area contributed by atoms with Gasteiger partial charge in [-0.1, -0.05) is 54.6 Å². The predicted molar refractivity (Wildman–Crippen MR) is 105 cm³/mol. The number of rotatable bonds is 4. The van der Waals surface area contributed by atoms with Crippen molar-refractivity contribution in [1.29, 1.82) is 0 Å². The van der Waals surface area contributed by atoms with Crippen LogP contribution in [0.5, 0.6) is 0 Å². The third-order valence-electron chi connectivity index (χ3n) is 4.12. The number of fused-ring (bicyclic) bond motifs is 1. The van der Waals surface area contributed by atoms with E-state index in [2.05, 4.69) is 4.99 Å². The molecule has 0 spiro atoms. The molecule has 0 radical (unpaired) electrons. The van der Waals surface area contributed by atoms with E-state index in [4.69, 9.17) is 0 Å². The van der Waals surface area contributed by atoms with Crippen LogP contribution in [-0.2, 0) is 10.0 Å². The van der Waals surface area contributed by atoms with Gasteiger partial charge in [-0.2, -0.15) is 0 Å². The Bertz CT molecular complexity index is 1180. The third-order valence-corrected chi connectivity index (χ3v) is 5.81. The van der Waals surface area contributed by atoms with Gasteiger partial charge in [-0.05, 0) is 30.3 Å². The number of nitrogens with zero attached hydrogens (tertiary/aromatic N) is 2. The molecular formula is C21H16N2O2S. The Morgan fingerprint density at radius 3 is 2.12 bits per heavy atom. The average molecular weight is 360 g/mol. The van der Waals surface area contributed by atoms with Gasteiger partial charge in [-0.25, -0.2) is 12.4 Å². The topological polar surface area (TPSA) is 51.4 Å². The number of hydrogen-bond acceptors (Lipinski definition) is 3. The van der Waals surface area contributed by atoms with E-state index < -0.39 is 10.0 Å². The molecule has 0 aliphatic carbocycles. The summed E-state index contributed by atoms with van der Waals surface area (Å²) in [4.78, 5) is 4.72. The van der Waals surface area contributed by atoms with Crippen LogP contribution in [0.2, 0.25) is 0 Å². The molecule has 0 bridgehead atoms. The summed E-state index contributed by atoms with van der Waals surface area (Å²) in [5.41, 5.74) is 2.20. The summed E-state index contributed by atoms with van der Waals surface area (Å²) in [6.45, 7) is 0. The first-order valence-electron chi connectivity index (χ1n) is 8.16. The van der Waals surface area contributed by atoms with Crippen LogP contribution in [0.1, 0.15) is 5.56 Å². The second-order valence-electron chi connectivity index (χ2n) is 5.81. The standard InChI is InChI=1S/C21H16N2O2S/c24-26(25,19-11-5-2-6-12-19)23-16-17(20-13-7-8-14-21(20)23)15-22-18-9-3-1-4-10-18/h1-16H. The molecular weight excluding hydrogens is 344 g/mol. The van der Waals surface area contributed by atoms with Crippen molar-refractivity contribution in [2.45, 2.75) is 4.90 Å². The zero-order valence-electron chi connectivity index (χ0n) is 13.9. The molecule has 4 rings (SSSR count). The number of aromatic nitrogens is 1. The minimum absolute atomic E-state index is 0.257. The van der Waals surface area contributed by atoms with Crippen LogP contribution in [0.4, 0.5) is 5.69 Å². The van der Waals surface area contributed by atoms with Gasteiger partial charge in [0.15, 0.2) is 0 Å². The summed E-state index contributed by atoms with van der Waals surface area (Å²) in [6.07, 6.45) is 3.33. The second-order valence-corrected chi connectivity index (χ2v) is 7.62. The number of hydrogen-bond donors (Lipinski definition) is 0. The lowest BCUT2D eigenvalue weighted by atomic mass is 10.2. The summed E-state index contributed by atoms with van der Waals surface area (Å²) in [5.74, 6) is 0. The third kappa shape index (κ3) is 2.93. The highest BCUT2D eigenvalue weighted by Crippen LogP contribution is 2.25. The van der Waals surface area contributed by atoms with Crippen molar-refractivity contribution in [3.63, 3.8) is 0 Å². The first kappa shape index (κ1) is 16.3. The summed E-state index contributed by atoms with van der Waals surface area (Å²) in [6, 6.07) is 25.4. The quantitative estimate of drug-likeness (QED) is 0.498. The molecule has 128 valence electrons. The number of para-hydroxylation sites is 2. The molecule has 0 fully saturated rings. The zero-order chi connectivity index (χ0) is 18.0. The highest BCUT2D eigenvalue weighted by Gasteiger charge is 2.20. The van der Waals surface area contributed by atoms with Gasteiger partial charge in [-0.15, -0.1) is 0 Å². The molecule has 1 aromatic heterocycles. The van der Waals surface area contributed by atoms with E-state index in [1.54, 1.807) is 48.8 Å². The molecule has 0 unspecified atom stereocenters. The molecule has 0 atom stereocenters. The lowest BCUT2D eigenvalue weighted by molar-refractivity contribution is 0.589. The summed E-state index contributed by atoms with van der Waals surface area (Å²) in [7, 11) is -3.67. The van der Waals surface area contributed by atoms with Gasteiger partial charge < -0.3 is 0 Å². The van der Waals surface area contributed by atoms with E-state index in [9.17, 15) is 8.42 Å².